The average Bonchev–Trinajstić information content (AvgIpc) is 3.46. The lowest BCUT2D eigenvalue weighted by Crippen LogP contribution is -2.38. The van der Waals surface area contributed by atoms with Gasteiger partial charge in [-0.1, -0.05) is 13.5 Å². The van der Waals surface area contributed by atoms with Crippen LogP contribution >= 0.6 is 11.3 Å². The number of halogens is 3. The fraction of sp³-hybridized carbons (Fsp3) is 0.400. The summed E-state index contributed by atoms with van der Waals surface area (Å²) in [5.41, 5.74) is 8.79. The molecule has 4 heterocycles. The zero-order valence-electron chi connectivity index (χ0n) is 21.2. The van der Waals surface area contributed by atoms with E-state index in [0.29, 0.717) is 10.9 Å². The summed E-state index contributed by atoms with van der Waals surface area (Å²) in [6.07, 6.45) is 5.24. The Balaban J connectivity index is 1.35. The quantitative estimate of drug-likeness (QED) is 0.370. The third kappa shape index (κ3) is 5.90. The highest BCUT2D eigenvalue weighted by molar-refractivity contribution is 7.13. The number of nitrogens with one attached hydrogen (secondary N) is 1. The van der Waals surface area contributed by atoms with Crippen molar-refractivity contribution in [1.29, 1.82) is 0 Å². The molecule has 39 heavy (non-hydrogen) atoms. The van der Waals surface area contributed by atoms with Gasteiger partial charge in [-0.15, -0.1) is 21.5 Å². The summed E-state index contributed by atoms with van der Waals surface area (Å²) in [6, 6.07) is 1.68. The molecule has 206 valence electrons. The summed E-state index contributed by atoms with van der Waals surface area (Å²) < 4.78 is 40.4. The average molecular weight is 560 g/mol. The van der Waals surface area contributed by atoms with Crippen LogP contribution in [-0.4, -0.2) is 49.9 Å². The first kappa shape index (κ1) is 26.7. The fourth-order valence-corrected chi connectivity index (χ4v) is 4.79. The van der Waals surface area contributed by atoms with Gasteiger partial charge in [0.25, 0.3) is 5.91 Å². The number of aromatic nitrogens is 5. The Kier molecular flexibility index (Phi) is 7.30. The lowest BCUT2D eigenvalue weighted by molar-refractivity contribution is -0.172. The van der Waals surface area contributed by atoms with Gasteiger partial charge in [0, 0.05) is 43.1 Å². The molecule has 2 fully saturated rings. The summed E-state index contributed by atoms with van der Waals surface area (Å²) >= 11 is 1.14. The van der Waals surface area contributed by atoms with Crippen molar-refractivity contribution >= 4 is 34.4 Å². The molecule has 10 nitrogen and oxygen atoms in total. The molecule has 0 aromatic carbocycles. The van der Waals surface area contributed by atoms with Gasteiger partial charge in [0.15, 0.2) is 10.8 Å². The maximum absolute atomic E-state index is 13.1. The molecule has 1 saturated heterocycles. The molecule has 1 aliphatic carbocycles. The summed E-state index contributed by atoms with van der Waals surface area (Å²) in [6.45, 7) is 6.45. The van der Waals surface area contributed by atoms with Gasteiger partial charge in [-0.25, -0.2) is 9.97 Å². The highest BCUT2D eigenvalue weighted by Crippen LogP contribution is 2.37. The first-order chi connectivity index (χ1) is 18.6. The molecule has 0 unspecified atom stereocenters. The van der Waals surface area contributed by atoms with E-state index >= 15 is 0 Å². The van der Waals surface area contributed by atoms with Crippen molar-refractivity contribution in [3.63, 3.8) is 0 Å². The minimum absolute atomic E-state index is 0.163. The summed E-state index contributed by atoms with van der Waals surface area (Å²) in [7, 11) is 0. The second-order valence-corrected chi connectivity index (χ2v) is 10.5. The van der Waals surface area contributed by atoms with Gasteiger partial charge in [0.2, 0.25) is 0 Å². The first-order valence-electron chi connectivity index (χ1n) is 12.5. The summed E-state index contributed by atoms with van der Waals surface area (Å²) in [5.74, 6) is -1.29. The molecule has 0 bridgehead atoms. The number of carbonyl (C=O) groups is 1. The number of amides is 1. The predicted molar refractivity (Wildman–Crippen MR) is 143 cm³/mol. The molecule has 5 rings (SSSR count). The number of nitrogens with zero attached hydrogens (tertiary/aromatic N) is 7. The molecule has 3 aromatic rings. The first-order valence-corrected chi connectivity index (χ1v) is 13.4. The van der Waals surface area contributed by atoms with Gasteiger partial charge >= 0.3 is 6.18 Å². The molecule has 0 radical (unpaired) electrons. The number of thiazole rings is 1. The summed E-state index contributed by atoms with van der Waals surface area (Å²) in [4.78, 5) is 25.9. The number of hydrogen-bond donors (Lipinski definition) is 2. The van der Waals surface area contributed by atoms with E-state index in [0.717, 1.165) is 67.7 Å². The number of hydrogen-bond acceptors (Lipinski definition) is 9. The Morgan fingerprint density at radius 2 is 2.15 bits per heavy atom. The highest BCUT2D eigenvalue weighted by atomic mass is 32.1. The molecule has 0 spiro atoms. The topological polar surface area (TPSA) is 118 Å². The van der Waals surface area contributed by atoms with Crippen molar-refractivity contribution in [3.8, 4) is 10.8 Å². The number of allylic oxidation sites excluding steroid dienone is 1. The van der Waals surface area contributed by atoms with Gasteiger partial charge in [-0.3, -0.25) is 4.79 Å². The molecule has 3 N–H and O–H groups in total. The third-order valence-electron chi connectivity index (χ3n) is 6.68. The Labute approximate surface area is 227 Å². The number of rotatable bonds is 10. The number of alkyl halides is 3. The zero-order chi connectivity index (χ0) is 27.7. The Bertz CT molecular complexity index is 1390. The molecule has 14 heteroatoms. The van der Waals surface area contributed by atoms with Crippen LogP contribution in [0.4, 0.5) is 30.4 Å². The third-order valence-corrected chi connectivity index (χ3v) is 7.52. The van der Waals surface area contributed by atoms with E-state index in [2.05, 4.69) is 37.0 Å². The number of pyridine rings is 1. The van der Waals surface area contributed by atoms with E-state index in [1.807, 2.05) is 11.1 Å². The van der Waals surface area contributed by atoms with Crippen molar-refractivity contribution in [1.82, 2.24) is 24.7 Å². The predicted octanol–water partition coefficient (Wildman–Crippen LogP) is 4.62. The molecule has 1 atom stereocenters. The maximum atomic E-state index is 13.1. The standard InChI is InChI=1S/C25H28F3N9OS/c1-3-35(12-17(29)16-5-6-16)19-9-18(30-10-20(19)36-7-4-8-36)23(38)32-21-13-39-24(33-21)22-34-31-14-37(22)11-15(2)25(26,27)28/h3,9-10,12-16H,1,4-8,11,29H2,2H3,(H,32,38)/b17-12-/t15-/m1/s1. The van der Waals surface area contributed by atoms with Crippen LogP contribution in [0.5, 0.6) is 0 Å². The van der Waals surface area contributed by atoms with E-state index in [9.17, 15) is 18.0 Å². The van der Waals surface area contributed by atoms with Crippen molar-refractivity contribution in [2.24, 2.45) is 17.6 Å². The fourth-order valence-electron chi connectivity index (χ4n) is 4.04. The molecule has 1 saturated carbocycles. The van der Waals surface area contributed by atoms with E-state index in [-0.39, 0.29) is 23.9 Å². The maximum Gasteiger partial charge on any atom is 0.393 e. The zero-order valence-corrected chi connectivity index (χ0v) is 22.0. The largest absolute Gasteiger partial charge is 0.401 e. The number of anilines is 3. The minimum Gasteiger partial charge on any atom is -0.401 e. The minimum atomic E-state index is -4.35. The molecular formula is C25H28F3N9OS. The Morgan fingerprint density at radius 1 is 1.38 bits per heavy atom. The van der Waals surface area contributed by atoms with Crippen LogP contribution in [0.15, 0.2) is 48.6 Å². The Hall–Kier alpha value is -3.94. The lowest BCUT2D eigenvalue weighted by atomic mass is 10.1. The van der Waals surface area contributed by atoms with Crippen LogP contribution < -0.4 is 20.9 Å². The van der Waals surface area contributed by atoms with Gasteiger partial charge in [-0.05, 0) is 31.2 Å². The van der Waals surface area contributed by atoms with Crippen LogP contribution in [0.1, 0.15) is 36.7 Å². The number of carbonyl (C=O) groups excluding carboxylic acids is 1. The highest BCUT2D eigenvalue weighted by Gasteiger charge is 2.36. The van der Waals surface area contributed by atoms with Crippen LogP contribution in [-0.2, 0) is 6.54 Å². The molecule has 3 aromatic heterocycles. The summed E-state index contributed by atoms with van der Waals surface area (Å²) in [5, 5.41) is 12.3. The molecular weight excluding hydrogens is 531 g/mol. The van der Waals surface area contributed by atoms with Crippen molar-refractivity contribution in [2.75, 3.05) is 28.2 Å². The molecule has 1 amide bonds. The van der Waals surface area contributed by atoms with Crippen molar-refractivity contribution in [2.45, 2.75) is 38.9 Å². The van der Waals surface area contributed by atoms with E-state index < -0.39 is 18.0 Å². The molecule has 1 aliphatic heterocycles. The van der Waals surface area contributed by atoms with Crippen molar-refractivity contribution in [3.05, 3.63) is 54.3 Å². The van der Waals surface area contributed by atoms with Crippen LogP contribution in [0, 0.1) is 11.8 Å². The van der Waals surface area contributed by atoms with Gasteiger partial charge in [-0.2, -0.15) is 13.2 Å². The number of nitrogens with two attached hydrogens (primary N) is 1. The van der Waals surface area contributed by atoms with Crippen LogP contribution in [0.2, 0.25) is 0 Å². The van der Waals surface area contributed by atoms with Crippen LogP contribution in [0.25, 0.3) is 10.8 Å². The Morgan fingerprint density at radius 3 is 2.79 bits per heavy atom. The smallest absolute Gasteiger partial charge is 0.393 e. The van der Waals surface area contributed by atoms with Gasteiger partial charge in [0.1, 0.15) is 17.8 Å². The second kappa shape index (κ2) is 10.7. The monoisotopic (exact) mass is 559 g/mol. The second-order valence-electron chi connectivity index (χ2n) is 9.63. The molecule has 2 aliphatic rings. The van der Waals surface area contributed by atoms with Crippen LogP contribution in [0.3, 0.4) is 0 Å². The van der Waals surface area contributed by atoms with Gasteiger partial charge < -0.3 is 25.4 Å². The normalized spacial score (nSPS) is 16.5. The SMILES string of the molecule is C=CN(/C=C(\N)C1CC1)c1cc(C(=O)Nc2csc(-c3nncn3C[C@@H](C)C(F)(F)F)n2)ncc1N1CCC1. The van der Waals surface area contributed by atoms with Crippen molar-refractivity contribution < 1.29 is 18.0 Å². The lowest BCUT2D eigenvalue weighted by Gasteiger charge is -2.36. The van der Waals surface area contributed by atoms with E-state index in [1.165, 1.54) is 10.9 Å². The van der Waals surface area contributed by atoms with E-state index in [1.54, 1.807) is 23.8 Å². The van der Waals surface area contributed by atoms with Gasteiger partial charge in [0.05, 0.1) is 23.5 Å². The van der Waals surface area contributed by atoms with E-state index in [4.69, 9.17) is 5.73 Å².